The Hall–Kier alpha value is -3.08. The van der Waals surface area contributed by atoms with E-state index >= 15 is 0 Å². The van der Waals surface area contributed by atoms with Crippen molar-refractivity contribution in [1.82, 2.24) is 9.97 Å². The van der Waals surface area contributed by atoms with Crippen LogP contribution in [0.3, 0.4) is 0 Å². The van der Waals surface area contributed by atoms with Crippen LogP contribution in [0.1, 0.15) is 25.0 Å². The molecule has 0 radical (unpaired) electrons. The Bertz CT molecular complexity index is 875. The van der Waals surface area contributed by atoms with Gasteiger partial charge in [0.1, 0.15) is 17.3 Å². The highest BCUT2D eigenvalue weighted by molar-refractivity contribution is 5.57. The number of hydrogen-bond acceptors (Lipinski definition) is 5. The fourth-order valence-electron chi connectivity index (χ4n) is 3.25. The minimum atomic E-state index is 0.632. The lowest BCUT2D eigenvalue weighted by Gasteiger charge is -2.28. The van der Waals surface area contributed by atoms with E-state index in [2.05, 4.69) is 21.3 Å². The lowest BCUT2D eigenvalue weighted by molar-refractivity contribution is 0.483. The van der Waals surface area contributed by atoms with Crippen molar-refractivity contribution in [1.29, 1.82) is 0 Å². The standard InChI is InChI=1S/C22H24N4O/c1-17-16-21(26-14-6-3-7-15-26)25-22(23-17)24-18-10-12-20(13-11-18)27-19-8-4-2-5-9-19/h2,4-5,8-13,16H,3,6-7,14-15H2,1H3,(H,23,24,25). The summed E-state index contributed by atoms with van der Waals surface area (Å²) in [5, 5.41) is 3.31. The van der Waals surface area contributed by atoms with Crippen molar-refractivity contribution < 1.29 is 4.74 Å². The summed E-state index contributed by atoms with van der Waals surface area (Å²) in [6, 6.07) is 19.7. The molecule has 138 valence electrons. The summed E-state index contributed by atoms with van der Waals surface area (Å²) in [6.07, 6.45) is 3.77. The van der Waals surface area contributed by atoms with Gasteiger partial charge in [-0.05, 0) is 62.6 Å². The first-order valence-corrected chi connectivity index (χ1v) is 9.47. The van der Waals surface area contributed by atoms with Crippen LogP contribution >= 0.6 is 0 Å². The highest BCUT2D eigenvalue weighted by Gasteiger charge is 2.14. The van der Waals surface area contributed by atoms with Gasteiger partial charge in [-0.1, -0.05) is 18.2 Å². The predicted molar refractivity (Wildman–Crippen MR) is 109 cm³/mol. The van der Waals surface area contributed by atoms with Gasteiger partial charge in [0.05, 0.1) is 0 Å². The summed E-state index contributed by atoms with van der Waals surface area (Å²) in [5.74, 6) is 3.26. The Morgan fingerprint density at radius 1 is 0.852 bits per heavy atom. The molecule has 4 rings (SSSR count). The van der Waals surface area contributed by atoms with E-state index in [9.17, 15) is 0 Å². The Morgan fingerprint density at radius 2 is 1.56 bits per heavy atom. The number of ether oxygens (including phenoxy) is 1. The van der Waals surface area contributed by atoms with Crippen molar-refractivity contribution in [3.05, 3.63) is 66.4 Å². The highest BCUT2D eigenvalue weighted by Crippen LogP contribution is 2.25. The second-order valence-corrected chi connectivity index (χ2v) is 6.80. The van der Waals surface area contributed by atoms with Crippen molar-refractivity contribution in [3.8, 4) is 11.5 Å². The molecule has 0 bridgehead atoms. The van der Waals surface area contributed by atoms with Crippen LogP contribution in [0.2, 0.25) is 0 Å². The van der Waals surface area contributed by atoms with E-state index in [-0.39, 0.29) is 0 Å². The van der Waals surface area contributed by atoms with E-state index in [1.165, 1.54) is 19.3 Å². The zero-order valence-electron chi connectivity index (χ0n) is 15.6. The molecule has 5 nitrogen and oxygen atoms in total. The maximum atomic E-state index is 5.84. The normalized spacial score (nSPS) is 14.0. The first-order valence-electron chi connectivity index (χ1n) is 9.47. The Labute approximate surface area is 160 Å². The fraction of sp³-hybridized carbons (Fsp3) is 0.273. The molecule has 0 saturated carbocycles. The number of piperidine rings is 1. The molecule has 1 aliphatic rings. The summed E-state index contributed by atoms with van der Waals surface area (Å²) < 4.78 is 5.84. The van der Waals surface area contributed by atoms with Crippen LogP contribution in [0.15, 0.2) is 60.7 Å². The van der Waals surface area contributed by atoms with E-state index in [1.807, 2.05) is 61.5 Å². The van der Waals surface area contributed by atoms with Crippen LogP contribution in [0.25, 0.3) is 0 Å². The summed E-state index contributed by atoms with van der Waals surface area (Å²) in [7, 11) is 0. The molecule has 3 aromatic rings. The molecule has 27 heavy (non-hydrogen) atoms. The first kappa shape index (κ1) is 17.3. The van der Waals surface area contributed by atoms with Gasteiger partial charge in [0.15, 0.2) is 0 Å². The number of nitrogens with zero attached hydrogens (tertiary/aromatic N) is 3. The van der Waals surface area contributed by atoms with Crippen molar-refractivity contribution in [3.63, 3.8) is 0 Å². The van der Waals surface area contributed by atoms with Crippen molar-refractivity contribution >= 4 is 17.5 Å². The lowest BCUT2D eigenvalue weighted by Crippen LogP contribution is -2.30. The third kappa shape index (κ3) is 4.56. The molecule has 0 spiro atoms. The molecule has 1 saturated heterocycles. The van der Waals surface area contributed by atoms with Crippen molar-refractivity contribution in [2.24, 2.45) is 0 Å². The SMILES string of the molecule is Cc1cc(N2CCCCC2)nc(Nc2ccc(Oc3ccccc3)cc2)n1. The average molecular weight is 360 g/mol. The number of anilines is 3. The maximum Gasteiger partial charge on any atom is 0.229 e. The van der Waals surface area contributed by atoms with Crippen LogP contribution < -0.4 is 15.0 Å². The average Bonchev–Trinajstić information content (AvgIpc) is 2.71. The number of hydrogen-bond donors (Lipinski definition) is 1. The molecule has 5 heteroatoms. The van der Waals surface area contributed by atoms with Crippen LogP contribution in [-0.4, -0.2) is 23.1 Å². The number of benzene rings is 2. The molecule has 2 aromatic carbocycles. The molecule has 1 aliphatic heterocycles. The molecular weight excluding hydrogens is 336 g/mol. The predicted octanol–water partition coefficient (Wildman–Crippen LogP) is 5.31. The topological polar surface area (TPSA) is 50.3 Å². The van der Waals surface area contributed by atoms with E-state index < -0.39 is 0 Å². The Kier molecular flexibility index (Phi) is 5.19. The third-order valence-electron chi connectivity index (χ3n) is 4.61. The molecule has 1 aromatic heterocycles. The lowest BCUT2D eigenvalue weighted by atomic mass is 10.1. The molecule has 0 atom stereocenters. The molecule has 2 heterocycles. The number of rotatable bonds is 5. The first-order chi connectivity index (χ1) is 13.3. The van der Waals surface area contributed by atoms with E-state index in [1.54, 1.807) is 0 Å². The van der Waals surface area contributed by atoms with Gasteiger partial charge >= 0.3 is 0 Å². The summed E-state index contributed by atoms with van der Waals surface area (Å²) in [6.45, 7) is 4.15. The van der Waals surface area contributed by atoms with Gasteiger partial charge in [0.2, 0.25) is 5.95 Å². The zero-order chi connectivity index (χ0) is 18.5. The number of para-hydroxylation sites is 1. The maximum absolute atomic E-state index is 5.84. The minimum Gasteiger partial charge on any atom is -0.457 e. The minimum absolute atomic E-state index is 0.632. The second-order valence-electron chi connectivity index (χ2n) is 6.80. The number of aryl methyl sites for hydroxylation is 1. The van der Waals surface area contributed by atoms with Crippen LogP contribution in [0.4, 0.5) is 17.5 Å². The van der Waals surface area contributed by atoms with Crippen molar-refractivity contribution in [2.45, 2.75) is 26.2 Å². The van der Waals surface area contributed by atoms with Crippen molar-refractivity contribution in [2.75, 3.05) is 23.3 Å². The largest absolute Gasteiger partial charge is 0.457 e. The molecular formula is C22H24N4O. The van der Waals surface area contributed by atoms with Gasteiger partial charge < -0.3 is 15.0 Å². The second kappa shape index (κ2) is 8.08. The number of aromatic nitrogens is 2. The summed E-state index contributed by atoms with van der Waals surface area (Å²) >= 11 is 0. The molecule has 0 aliphatic carbocycles. The number of nitrogens with one attached hydrogen (secondary N) is 1. The van der Waals surface area contributed by atoms with Gasteiger partial charge in [0, 0.05) is 30.5 Å². The quantitative estimate of drug-likeness (QED) is 0.668. The van der Waals surface area contributed by atoms with Crippen LogP contribution in [0.5, 0.6) is 11.5 Å². The van der Waals surface area contributed by atoms with E-state index in [0.717, 1.165) is 41.8 Å². The van der Waals surface area contributed by atoms with Gasteiger partial charge in [-0.15, -0.1) is 0 Å². The molecule has 0 unspecified atom stereocenters. The third-order valence-corrected chi connectivity index (χ3v) is 4.61. The smallest absolute Gasteiger partial charge is 0.229 e. The monoisotopic (exact) mass is 360 g/mol. The Morgan fingerprint density at radius 3 is 2.30 bits per heavy atom. The van der Waals surface area contributed by atoms with Gasteiger partial charge in [-0.2, -0.15) is 4.98 Å². The van der Waals surface area contributed by atoms with Crippen LogP contribution in [0, 0.1) is 6.92 Å². The molecule has 0 amide bonds. The molecule has 1 fully saturated rings. The van der Waals surface area contributed by atoms with Gasteiger partial charge in [-0.3, -0.25) is 0 Å². The van der Waals surface area contributed by atoms with E-state index in [4.69, 9.17) is 9.72 Å². The fourth-order valence-corrected chi connectivity index (χ4v) is 3.25. The highest BCUT2D eigenvalue weighted by atomic mass is 16.5. The summed E-state index contributed by atoms with van der Waals surface area (Å²) in [5.41, 5.74) is 1.91. The zero-order valence-corrected chi connectivity index (χ0v) is 15.6. The summed E-state index contributed by atoms with van der Waals surface area (Å²) in [4.78, 5) is 11.6. The molecule has 1 N–H and O–H groups in total. The van der Waals surface area contributed by atoms with Crippen LogP contribution in [-0.2, 0) is 0 Å². The van der Waals surface area contributed by atoms with Gasteiger partial charge in [0.25, 0.3) is 0 Å². The van der Waals surface area contributed by atoms with Gasteiger partial charge in [-0.25, -0.2) is 4.98 Å². The van der Waals surface area contributed by atoms with E-state index in [0.29, 0.717) is 5.95 Å². The Balaban J connectivity index is 1.46.